The minimum absolute atomic E-state index is 0.169. The lowest BCUT2D eigenvalue weighted by molar-refractivity contribution is 0.419. The van der Waals surface area contributed by atoms with Gasteiger partial charge in [-0.3, -0.25) is 0 Å². The van der Waals surface area contributed by atoms with Crippen LogP contribution >= 0.6 is 15.9 Å². The number of nitrogens with one attached hydrogen (secondary N) is 1. The van der Waals surface area contributed by atoms with Gasteiger partial charge >= 0.3 is 0 Å². The first-order valence-electron chi connectivity index (χ1n) is 6.62. The van der Waals surface area contributed by atoms with Gasteiger partial charge in [0, 0.05) is 25.2 Å². The molecule has 0 spiro atoms. The molecule has 1 unspecified atom stereocenters. The summed E-state index contributed by atoms with van der Waals surface area (Å²) in [6, 6.07) is 2.78. The molecule has 1 aromatic rings. The first-order chi connectivity index (χ1) is 8.99. The quantitative estimate of drug-likeness (QED) is 0.833. The van der Waals surface area contributed by atoms with E-state index in [1.165, 1.54) is 12.1 Å². The normalized spacial score (nSPS) is 20.7. The number of nitrogens with zero attached hydrogens (tertiary/aromatic N) is 1. The summed E-state index contributed by atoms with van der Waals surface area (Å²) >= 11 is 3.01. The van der Waals surface area contributed by atoms with E-state index in [-0.39, 0.29) is 10.3 Å². The number of hydrogen-bond acceptors (Lipinski definition) is 2. The van der Waals surface area contributed by atoms with Crippen LogP contribution in [0.4, 0.5) is 14.5 Å². The molecular formula is C14H19BrF2N2. The fourth-order valence-electron chi connectivity index (χ4n) is 2.37. The summed E-state index contributed by atoms with van der Waals surface area (Å²) in [5.74, 6) is -0.337. The number of halogens is 3. The third kappa shape index (κ3) is 3.45. The molecule has 1 aliphatic rings. The zero-order chi connectivity index (χ0) is 14.0. The Morgan fingerprint density at radius 3 is 2.74 bits per heavy atom. The van der Waals surface area contributed by atoms with Gasteiger partial charge in [-0.15, -0.1) is 0 Å². The highest BCUT2D eigenvalue weighted by atomic mass is 79.9. The molecule has 1 aromatic carbocycles. The van der Waals surface area contributed by atoms with Crippen molar-refractivity contribution in [2.75, 3.05) is 24.5 Å². The average molecular weight is 333 g/mol. The molecule has 1 fully saturated rings. The van der Waals surface area contributed by atoms with Crippen LogP contribution in [0.2, 0.25) is 0 Å². The summed E-state index contributed by atoms with van der Waals surface area (Å²) in [4.78, 5) is 1.94. The van der Waals surface area contributed by atoms with Gasteiger partial charge in [0.1, 0.15) is 11.6 Å². The van der Waals surface area contributed by atoms with Gasteiger partial charge in [0.05, 0.1) is 10.2 Å². The van der Waals surface area contributed by atoms with Gasteiger partial charge in [-0.1, -0.05) is 13.8 Å². The molecule has 0 aliphatic carbocycles. The van der Waals surface area contributed by atoms with Crippen molar-refractivity contribution < 1.29 is 8.78 Å². The molecule has 19 heavy (non-hydrogen) atoms. The molecular weight excluding hydrogens is 314 g/mol. The van der Waals surface area contributed by atoms with Gasteiger partial charge in [-0.05, 0) is 40.9 Å². The SMILES string of the molecule is CC(C)C1CN(c2cc(F)c(Br)cc2F)CCCN1. The molecule has 0 aromatic heterocycles. The van der Waals surface area contributed by atoms with Gasteiger partial charge in [0.2, 0.25) is 0 Å². The highest BCUT2D eigenvalue weighted by molar-refractivity contribution is 9.10. The van der Waals surface area contributed by atoms with Gasteiger partial charge in [0.15, 0.2) is 0 Å². The fourth-order valence-corrected chi connectivity index (χ4v) is 2.69. The van der Waals surface area contributed by atoms with Crippen molar-refractivity contribution in [3.8, 4) is 0 Å². The molecule has 1 aliphatic heterocycles. The van der Waals surface area contributed by atoms with E-state index in [0.717, 1.165) is 19.5 Å². The zero-order valence-electron chi connectivity index (χ0n) is 11.2. The Bertz CT molecular complexity index is 451. The molecule has 0 radical (unpaired) electrons. The minimum atomic E-state index is -0.422. The first kappa shape index (κ1) is 14.7. The predicted octanol–water partition coefficient (Wildman–Crippen LogP) is 3.55. The molecule has 1 heterocycles. The molecule has 1 atom stereocenters. The van der Waals surface area contributed by atoms with Crippen LogP contribution in [0.5, 0.6) is 0 Å². The van der Waals surface area contributed by atoms with Crippen molar-refractivity contribution in [2.45, 2.75) is 26.3 Å². The van der Waals surface area contributed by atoms with E-state index >= 15 is 0 Å². The maximum Gasteiger partial charge on any atom is 0.147 e. The van der Waals surface area contributed by atoms with Crippen LogP contribution in [0.25, 0.3) is 0 Å². The molecule has 0 bridgehead atoms. The molecule has 1 N–H and O–H groups in total. The Labute approximate surface area is 121 Å². The Balaban J connectivity index is 2.26. The number of rotatable bonds is 2. The van der Waals surface area contributed by atoms with Gasteiger partial charge < -0.3 is 10.2 Å². The smallest absolute Gasteiger partial charge is 0.147 e. The maximum absolute atomic E-state index is 14.0. The molecule has 1 saturated heterocycles. The summed E-state index contributed by atoms with van der Waals surface area (Å²) in [7, 11) is 0. The number of hydrogen-bond donors (Lipinski definition) is 1. The lowest BCUT2D eigenvalue weighted by atomic mass is 10.0. The van der Waals surface area contributed by atoms with Crippen molar-refractivity contribution >= 4 is 21.6 Å². The number of anilines is 1. The highest BCUT2D eigenvalue weighted by Gasteiger charge is 2.23. The fraction of sp³-hybridized carbons (Fsp3) is 0.571. The molecule has 106 valence electrons. The van der Waals surface area contributed by atoms with Gasteiger partial charge in [-0.2, -0.15) is 0 Å². The largest absolute Gasteiger partial charge is 0.367 e. The zero-order valence-corrected chi connectivity index (χ0v) is 12.8. The third-order valence-electron chi connectivity index (χ3n) is 3.56. The van der Waals surface area contributed by atoms with Crippen LogP contribution in [0, 0.1) is 17.6 Å². The van der Waals surface area contributed by atoms with Gasteiger partial charge in [-0.25, -0.2) is 8.78 Å². The molecule has 2 nitrogen and oxygen atoms in total. The second-order valence-corrected chi connectivity index (χ2v) is 6.18. The van der Waals surface area contributed by atoms with Crippen LogP contribution in [0.3, 0.4) is 0 Å². The first-order valence-corrected chi connectivity index (χ1v) is 7.41. The topological polar surface area (TPSA) is 15.3 Å². The second-order valence-electron chi connectivity index (χ2n) is 5.32. The van der Waals surface area contributed by atoms with E-state index in [1.807, 2.05) is 4.90 Å². The summed E-state index contributed by atoms with van der Waals surface area (Å²) in [5.41, 5.74) is 0.357. The van der Waals surface area contributed by atoms with Crippen molar-refractivity contribution in [2.24, 2.45) is 5.92 Å². The van der Waals surface area contributed by atoms with Crippen LogP contribution in [-0.4, -0.2) is 25.7 Å². The maximum atomic E-state index is 14.0. The summed E-state index contributed by atoms with van der Waals surface area (Å²) in [6.07, 6.45) is 0.931. The standard InChI is InChI=1S/C14H19BrF2N2/c1-9(2)13-8-19(5-3-4-18-13)14-7-11(16)10(15)6-12(14)17/h6-7,9,13,18H,3-5,8H2,1-2H3. The second kappa shape index (κ2) is 6.18. The lowest BCUT2D eigenvalue weighted by Gasteiger charge is -2.29. The third-order valence-corrected chi connectivity index (χ3v) is 4.17. The van der Waals surface area contributed by atoms with Crippen LogP contribution in [0.15, 0.2) is 16.6 Å². The Kier molecular flexibility index (Phi) is 4.79. The Morgan fingerprint density at radius 2 is 2.05 bits per heavy atom. The Morgan fingerprint density at radius 1 is 1.32 bits per heavy atom. The highest BCUT2D eigenvalue weighted by Crippen LogP contribution is 2.27. The summed E-state index contributed by atoms with van der Waals surface area (Å²) in [5, 5.41) is 3.46. The summed E-state index contributed by atoms with van der Waals surface area (Å²) in [6.45, 7) is 6.64. The van der Waals surface area contributed by atoms with E-state index in [4.69, 9.17) is 0 Å². The van der Waals surface area contributed by atoms with Crippen LogP contribution < -0.4 is 10.2 Å². The average Bonchev–Trinajstić information content (AvgIpc) is 2.59. The van der Waals surface area contributed by atoms with Crippen molar-refractivity contribution in [3.63, 3.8) is 0 Å². The van der Waals surface area contributed by atoms with E-state index in [9.17, 15) is 8.78 Å². The van der Waals surface area contributed by atoms with E-state index in [2.05, 4.69) is 35.1 Å². The van der Waals surface area contributed by atoms with Crippen molar-refractivity contribution in [1.29, 1.82) is 0 Å². The predicted molar refractivity (Wildman–Crippen MR) is 77.5 cm³/mol. The van der Waals surface area contributed by atoms with Crippen LogP contribution in [0.1, 0.15) is 20.3 Å². The molecule has 2 rings (SSSR count). The number of benzene rings is 1. The van der Waals surface area contributed by atoms with E-state index in [0.29, 0.717) is 24.2 Å². The molecule has 5 heteroatoms. The van der Waals surface area contributed by atoms with E-state index in [1.54, 1.807) is 0 Å². The molecule has 0 amide bonds. The van der Waals surface area contributed by atoms with Gasteiger partial charge in [0.25, 0.3) is 0 Å². The monoisotopic (exact) mass is 332 g/mol. The lowest BCUT2D eigenvalue weighted by Crippen LogP contribution is -2.41. The Hall–Kier alpha value is -0.680. The minimum Gasteiger partial charge on any atom is -0.367 e. The van der Waals surface area contributed by atoms with Crippen molar-refractivity contribution in [1.82, 2.24) is 5.32 Å². The van der Waals surface area contributed by atoms with E-state index < -0.39 is 5.82 Å². The molecule has 0 saturated carbocycles. The van der Waals surface area contributed by atoms with Crippen molar-refractivity contribution in [3.05, 3.63) is 28.2 Å². The summed E-state index contributed by atoms with van der Waals surface area (Å²) < 4.78 is 27.8. The van der Waals surface area contributed by atoms with Crippen LogP contribution in [-0.2, 0) is 0 Å².